The van der Waals surface area contributed by atoms with Crippen molar-refractivity contribution in [2.24, 2.45) is 0 Å². The molecule has 1 N–H and O–H groups in total. The first kappa shape index (κ1) is 15.8. The molecule has 0 saturated heterocycles. The SMILES string of the molecule is N#CCOC(=O)c1ccc(S(=O)(=O)NCc2ccco2)cc1. The van der Waals surface area contributed by atoms with Gasteiger partial charge < -0.3 is 9.15 Å². The van der Waals surface area contributed by atoms with Gasteiger partial charge in [0.05, 0.1) is 23.3 Å². The van der Waals surface area contributed by atoms with Crippen LogP contribution < -0.4 is 4.72 Å². The quantitative estimate of drug-likeness (QED) is 0.806. The van der Waals surface area contributed by atoms with Crippen molar-refractivity contribution in [2.45, 2.75) is 11.4 Å². The Kier molecular flexibility index (Phi) is 4.93. The molecule has 8 heteroatoms. The molecule has 0 amide bonds. The summed E-state index contributed by atoms with van der Waals surface area (Å²) < 4.78 is 36.2. The minimum atomic E-state index is -3.71. The molecule has 22 heavy (non-hydrogen) atoms. The van der Waals surface area contributed by atoms with Crippen LogP contribution in [0.4, 0.5) is 0 Å². The maximum atomic E-state index is 12.1. The Morgan fingerprint density at radius 3 is 2.59 bits per heavy atom. The van der Waals surface area contributed by atoms with Crippen molar-refractivity contribution in [1.29, 1.82) is 5.26 Å². The highest BCUT2D eigenvalue weighted by Crippen LogP contribution is 2.12. The first-order valence-electron chi connectivity index (χ1n) is 6.19. The Balaban J connectivity index is 2.05. The molecule has 0 bridgehead atoms. The van der Waals surface area contributed by atoms with Crippen LogP contribution in [-0.2, 0) is 21.3 Å². The van der Waals surface area contributed by atoms with Crippen LogP contribution in [0.25, 0.3) is 0 Å². The second kappa shape index (κ2) is 6.89. The fourth-order valence-electron chi connectivity index (χ4n) is 1.61. The molecular weight excluding hydrogens is 308 g/mol. The maximum absolute atomic E-state index is 12.1. The number of carbonyl (C=O) groups is 1. The first-order chi connectivity index (χ1) is 10.5. The fourth-order valence-corrected chi connectivity index (χ4v) is 2.61. The number of hydrogen-bond donors (Lipinski definition) is 1. The van der Waals surface area contributed by atoms with Crippen molar-refractivity contribution in [3.63, 3.8) is 0 Å². The number of hydrogen-bond acceptors (Lipinski definition) is 6. The van der Waals surface area contributed by atoms with Crippen LogP contribution in [0.3, 0.4) is 0 Å². The van der Waals surface area contributed by atoms with E-state index in [0.29, 0.717) is 5.76 Å². The van der Waals surface area contributed by atoms with E-state index in [1.165, 1.54) is 30.5 Å². The summed E-state index contributed by atoms with van der Waals surface area (Å²) in [5.41, 5.74) is 0.167. The van der Waals surface area contributed by atoms with Gasteiger partial charge in [0, 0.05) is 0 Å². The van der Waals surface area contributed by atoms with Crippen molar-refractivity contribution >= 4 is 16.0 Å². The van der Waals surface area contributed by atoms with Crippen LogP contribution in [0, 0.1) is 11.3 Å². The number of nitrogens with zero attached hydrogens (tertiary/aromatic N) is 1. The van der Waals surface area contributed by atoms with E-state index in [-0.39, 0.29) is 23.6 Å². The van der Waals surface area contributed by atoms with E-state index in [0.717, 1.165) is 0 Å². The van der Waals surface area contributed by atoms with Gasteiger partial charge in [-0.15, -0.1) is 0 Å². The Labute approximate surface area is 127 Å². The first-order valence-corrected chi connectivity index (χ1v) is 7.67. The standard InChI is InChI=1S/C14H12N2O5S/c15-7-9-21-14(17)11-3-5-13(6-4-11)22(18,19)16-10-12-2-1-8-20-12/h1-6,8,16H,9-10H2. The molecule has 7 nitrogen and oxygen atoms in total. The summed E-state index contributed by atoms with van der Waals surface area (Å²) >= 11 is 0. The molecule has 1 aromatic heterocycles. The van der Waals surface area contributed by atoms with E-state index in [9.17, 15) is 13.2 Å². The Bertz CT molecular complexity index is 774. The van der Waals surface area contributed by atoms with Crippen molar-refractivity contribution in [3.8, 4) is 6.07 Å². The molecule has 114 valence electrons. The number of ether oxygens (including phenoxy) is 1. The van der Waals surface area contributed by atoms with Crippen LogP contribution in [0.2, 0.25) is 0 Å². The van der Waals surface area contributed by atoms with Gasteiger partial charge in [0.25, 0.3) is 0 Å². The van der Waals surface area contributed by atoms with Gasteiger partial charge in [0.2, 0.25) is 10.0 Å². The highest BCUT2D eigenvalue weighted by molar-refractivity contribution is 7.89. The zero-order valence-electron chi connectivity index (χ0n) is 11.4. The molecule has 0 unspecified atom stereocenters. The van der Waals surface area contributed by atoms with E-state index in [1.54, 1.807) is 18.2 Å². The molecule has 0 radical (unpaired) electrons. The Morgan fingerprint density at radius 2 is 2.00 bits per heavy atom. The van der Waals surface area contributed by atoms with Crippen LogP contribution in [0.15, 0.2) is 52.0 Å². The number of esters is 1. The predicted octanol–water partition coefficient (Wildman–Crippen LogP) is 1.44. The van der Waals surface area contributed by atoms with Gasteiger partial charge in [-0.2, -0.15) is 5.26 Å². The third-order valence-electron chi connectivity index (χ3n) is 2.68. The summed E-state index contributed by atoms with van der Waals surface area (Å²) in [6, 6.07) is 10.2. The average molecular weight is 320 g/mol. The third-order valence-corrected chi connectivity index (χ3v) is 4.10. The monoisotopic (exact) mass is 320 g/mol. The fraction of sp³-hybridized carbons (Fsp3) is 0.143. The van der Waals surface area contributed by atoms with Crippen molar-refractivity contribution in [1.82, 2.24) is 4.72 Å². The lowest BCUT2D eigenvalue weighted by Gasteiger charge is -2.06. The van der Waals surface area contributed by atoms with Gasteiger partial charge in [-0.25, -0.2) is 17.9 Å². The van der Waals surface area contributed by atoms with Crippen LogP contribution in [0.1, 0.15) is 16.1 Å². The summed E-state index contributed by atoms with van der Waals surface area (Å²) in [6.07, 6.45) is 1.45. The van der Waals surface area contributed by atoms with Crippen molar-refractivity contribution in [3.05, 3.63) is 54.0 Å². The minimum absolute atomic E-state index is 0.0101. The highest BCUT2D eigenvalue weighted by atomic mass is 32.2. The molecule has 0 spiro atoms. The van der Waals surface area contributed by atoms with Crippen LogP contribution in [-0.4, -0.2) is 21.0 Å². The number of nitriles is 1. The van der Waals surface area contributed by atoms with E-state index < -0.39 is 16.0 Å². The Morgan fingerprint density at radius 1 is 1.27 bits per heavy atom. The Hall–Kier alpha value is -2.63. The van der Waals surface area contributed by atoms with Gasteiger partial charge >= 0.3 is 5.97 Å². The largest absolute Gasteiger partial charge is 0.468 e. The van der Waals surface area contributed by atoms with Gasteiger partial charge in [-0.05, 0) is 36.4 Å². The lowest BCUT2D eigenvalue weighted by atomic mass is 10.2. The summed E-state index contributed by atoms with van der Waals surface area (Å²) in [7, 11) is -3.71. The van der Waals surface area contributed by atoms with Crippen LogP contribution >= 0.6 is 0 Å². The van der Waals surface area contributed by atoms with Gasteiger partial charge in [-0.1, -0.05) is 0 Å². The molecule has 2 rings (SSSR count). The molecule has 1 heterocycles. The van der Waals surface area contributed by atoms with Gasteiger partial charge in [0.1, 0.15) is 11.8 Å². The van der Waals surface area contributed by atoms with Crippen molar-refractivity contribution in [2.75, 3.05) is 6.61 Å². The lowest BCUT2D eigenvalue weighted by molar-refractivity contribution is 0.0555. The lowest BCUT2D eigenvalue weighted by Crippen LogP contribution is -2.23. The highest BCUT2D eigenvalue weighted by Gasteiger charge is 2.15. The molecule has 0 atom stereocenters. The van der Waals surface area contributed by atoms with E-state index in [1.807, 2.05) is 0 Å². The van der Waals surface area contributed by atoms with Crippen LogP contribution in [0.5, 0.6) is 0 Å². The topological polar surface area (TPSA) is 109 Å². The summed E-state index contributed by atoms with van der Waals surface area (Å²) in [5.74, 6) is -0.200. The maximum Gasteiger partial charge on any atom is 0.339 e. The third kappa shape index (κ3) is 3.94. The predicted molar refractivity (Wildman–Crippen MR) is 75.1 cm³/mol. The zero-order chi connectivity index (χ0) is 16.0. The zero-order valence-corrected chi connectivity index (χ0v) is 12.2. The van der Waals surface area contributed by atoms with Gasteiger partial charge in [0.15, 0.2) is 6.61 Å². The molecule has 2 aromatic rings. The number of sulfonamides is 1. The van der Waals surface area contributed by atoms with E-state index in [2.05, 4.69) is 9.46 Å². The minimum Gasteiger partial charge on any atom is -0.468 e. The average Bonchev–Trinajstić information content (AvgIpc) is 3.04. The normalized spacial score (nSPS) is 10.9. The molecular formula is C14H12N2O5S. The number of rotatable bonds is 6. The summed E-state index contributed by atoms with van der Waals surface area (Å²) in [5, 5.41) is 8.33. The summed E-state index contributed by atoms with van der Waals surface area (Å²) in [4.78, 5) is 11.5. The van der Waals surface area contributed by atoms with E-state index in [4.69, 9.17) is 9.68 Å². The summed E-state index contributed by atoms with van der Waals surface area (Å²) in [6.45, 7) is -0.328. The molecule has 0 fully saturated rings. The van der Waals surface area contributed by atoms with Crippen molar-refractivity contribution < 1.29 is 22.4 Å². The number of nitrogens with one attached hydrogen (secondary N) is 1. The molecule has 0 aliphatic heterocycles. The smallest absolute Gasteiger partial charge is 0.339 e. The van der Waals surface area contributed by atoms with Gasteiger partial charge in [-0.3, -0.25) is 0 Å². The second-order valence-corrected chi connectivity index (χ2v) is 5.93. The molecule has 0 saturated carbocycles. The molecule has 0 aliphatic rings. The number of furan rings is 1. The number of carbonyl (C=O) groups excluding carboxylic acids is 1. The molecule has 0 aliphatic carbocycles. The molecule has 1 aromatic carbocycles. The van der Waals surface area contributed by atoms with E-state index >= 15 is 0 Å². The number of benzene rings is 1. The second-order valence-electron chi connectivity index (χ2n) is 4.16.